The number of carbonyl (C=O) groups is 1. The topological polar surface area (TPSA) is 79.7 Å². The Morgan fingerprint density at radius 3 is 2.27 bits per heavy atom. The first-order chi connectivity index (χ1) is 12.5. The van der Waals surface area contributed by atoms with Crippen LogP contribution in [0.25, 0.3) is 22.4 Å². The van der Waals surface area contributed by atoms with Crippen LogP contribution in [0.3, 0.4) is 0 Å². The largest absolute Gasteiger partial charge is 0.506 e. The number of phenols is 1. The highest BCUT2D eigenvalue weighted by Crippen LogP contribution is 2.33. The van der Waals surface area contributed by atoms with E-state index in [0.717, 1.165) is 0 Å². The fourth-order valence-electron chi connectivity index (χ4n) is 2.49. The zero-order valence-corrected chi connectivity index (χ0v) is 13.9. The Labute approximate surface area is 150 Å². The summed E-state index contributed by atoms with van der Waals surface area (Å²) in [6.45, 7) is 0. The summed E-state index contributed by atoms with van der Waals surface area (Å²) >= 11 is 0. The molecule has 0 unspecified atom stereocenters. The standard InChI is InChI=1S/C16H12O4.C5H3N/c1-3-10-6-9-13(14(15(10)17)16(18)19)11-4-7-12(20-2)8-5-11;1-2-6-5-3-4(1)5/h1,4-9,17H,2H3,(H,18,19);1-3H. The van der Waals surface area contributed by atoms with Gasteiger partial charge in [-0.2, -0.15) is 0 Å². The first kappa shape index (κ1) is 17.1. The van der Waals surface area contributed by atoms with Gasteiger partial charge in [-0.15, -0.1) is 6.42 Å². The first-order valence-electron chi connectivity index (χ1n) is 7.72. The minimum absolute atomic E-state index is 0.152. The third kappa shape index (κ3) is 3.35. The Balaban J connectivity index is 0.000000269. The molecule has 0 spiro atoms. The van der Waals surface area contributed by atoms with E-state index in [0.29, 0.717) is 16.9 Å². The van der Waals surface area contributed by atoms with E-state index in [-0.39, 0.29) is 11.1 Å². The Hall–Kier alpha value is -3.78. The number of fused-ring (bicyclic) bond motifs is 1. The lowest BCUT2D eigenvalue weighted by molar-refractivity contribution is 0.0694. The molecular weight excluding hydrogens is 330 g/mol. The van der Waals surface area contributed by atoms with Gasteiger partial charge in [0, 0.05) is 17.3 Å². The lowest BCUT2D eigenvalue weighted by atomic mass is 9.96. The molecule has 2 aromatic carbocycles. The maximum Gasteiger partial charge on any atom is 0.340 e. The van der Waals surface area contributed by atoms with E-state index >= 15 is 0 Å². The van der Waals surface area contributed by atoms with Crippen LogP contribution in [0.4, 0.5) is 0 Å². The van der Waals surface area contributed by atoms with Crippen molar-refractivity contribution in [3.8, 4) is 46.2 Å². The van der Waals surface area contributed by atoms with E-state index in [1.807, 2.05) is 12.3 Å². The Kier molecular flexibility index (Phi) is 4.59. The summed E-state index contributed by atoms with van der Waals surface area (Å²) in [7, 11) is 1.55. The molecule has 1 heterocycles. The Morgan fingerprint density at radius 1 is 1.12 bits per heavy atom. The molecule has 4 rings (SSSR count). The highest BCUT2D eigenvalue weighted by atomic mass is 16.5. The van der Waals surface area contributed by atoms with E-state index < -0.39 is 11.7 Å². The number of methoxy groups -OCH3 is 1. The van der Waals surface area contributed by atoms with Crippen LogP contribution in [0.2, 0.25) is 0 Å². The Morgan fingerprint density at radius 2 is 1.85 bits per heavy atom. The first-order valence-corrected chi connectivity index (χ1v) is 7.72. The number of carboxylic acid groups (broad SMARTS) is 1. The van der Waals surface area contributed by atoms with Gasteiger partial charge in [-0.3, -0.25) is 4.98 Å². The molecule has 0 fully saturated rings. The van der Waals surface area contributed by atoms with Crippen molar-refractivity contribution < 1.29 is 19.7 Å². The molecule has 128 valence electrons. The van der Waals surface area contributed by atoms with Gasteiger partial charge in [-0.25, -0.2) is 4.79 Å². The maximum atomic E-state index is 11.4. The zero-order valence-electron chi connectivity index (χ0n) is 13.9. The monoisotopic (exact) mass is 345 g/mol. The minimum Gasteiger partial charge on any atom is -0.506 e. The Bertz CT molecular complexity index is 1000. The van der Waals surface area contributed by atoms with Crippen molar-refractivity contribution in [3.63, 3.8) is 0 Å². The highest BCUT2D eigenvalue weighted by molar-refractivity contribution is 5.99. The fraction of sp³-hybridized carbons (Fsp3) is 0.0476. The smallest absolute Gasteiger partial charge is 0.340 e. The van der Waals surface area contributed by atoms with Crippen LogP contribution in [0.5, 0.6) is 11.5 Å². The number of aromatic nitrogens is 1. The summed E-state index contributed by atoms with van der Waals surface area (Å²) < 4.78 is 5.05. The molecular formula is C21H15NO4. The molecule has 0 radical (unpaired) electrons. The number of aromatic hydroxyl groups is 1. The molecule has 1 aliphatic heterocycles. The van der Waals surface area contributed by atoms with Crippen LogP contribution in [-0.2, 0) is 0 Å². The number of nitrogens with zero attached hydrogens (tertiary/aromatic N) is 1. The second-order valence-corrected chi connectivity index (χ2v) is 5.49. The lowest BCUT2D eigenvalue weighted by Crippen LogP contribution is -2.01. The normalized spacial score (nSPS) is 10.2. The van der Waals surface area contributed by atoms with Gasteiger partial charge < -0.3 is 14.9 Å². The number of ether oxygens (including phenoxy) is 1. The third-order valence-electron chi connectivity index (χ3n) is 3.92. The second-order valence-electron chi connectivity index (χ2n) is 5.49. The van der Waals surface area contributed by atoms with Crippen molar-refractivity contribution in [1.29, 1.82) is 0 Å². The van der Waals surface area contributed by atoms with Gasteiger partial charge in [0.15, 0.2) is 0 Å². The average Bonchev–Trinajstić information content (AvgIpc) is 3.26. The predicted molar refractivity (Wildman–Crippen MR) is 98.2 cm³/mol. The van der Waals surface area contributed by atoms with Crippen molar-refractivity contribution in [2.45, 2.75) is 0 Å². The van der Waals surface area contributed by atoms with Crippen molar-refractivity contribution in [2.24, 2.45) is 0 Å². The third-order valence-corrected chi connectivity index (χ3v) is 3.92. The number of pyridine rings is 1. The maximum absolute atomic E-state index is 11.4. The summed E-state index contributed by atoms with van der Waals surface area (Å²) in [5.41, 5.74) is 3.49. The molecule has 2 aliphatic rings. The van der Waals surface area contributed by atoms with Gasteiger partial charge in [-0.05, 0) is 35.9 Å². The van der Waals surface area contributed by atoms with Crippen molar-refractivity contribution >= 4 is 5.97 Å². The number of rotatable bonds is 3. The van der Waals surface area contributed by atoms with Crippen LogP contribution < -0.4 is 4.74 Å². The van der Waals surface area contributed by atoms with Crippen LogP contribution in [-0.4, -0.2) is 28.3 Å². The zero-order chi connectivity index (χ0) is 18.7. The van der Waals surface area contributed by atoms with E-state index in [1.165, 1.54) is 17.3 Å². The molecule has 0 atom stereocenters. The SMILES string of the molecule is C#Cc1ccc(-c2ccc(OC)cc2)c(C(=O)O)c1O.c1cc2cc-2n1. The second kappa shape index (κ2) is 6.99. The van der Waals surface area contributed by atoms with Gasteiger partial charge >= 0.3 is 5.97 Å². The summed E-state index contributed by atoms with van der Waals surface area (Å²) in [6.07, 6.45) is 7.05. The predicted octanol–water partition coefficient (Wildman–Crippen LogP) is 3.81. The molecule has 5 heteroatoms. The van der Waals surface area contributed by atoms with E-state index in [9.17, 15) is 15.0 Å². The van der Waals surface area contributed by atoms with Crippen molar-refractivity contribution in [1.82, 2.24) is 4.98 Å². The number of carboxylic acids is 1. The molecule has 0 bridgehead atoms. The quantitative estimate of drug-likeness (QED) is 0.552. The van der Waals surface area contributed by atoms with Gasteiger partial charge in [0.25, 0.3) is 0 Å². The summed E-state index contributed by atoms with van der Waals surface area (Å²) in [5.74, 6) is 1.29. The van der Waals surface area contributed by atoms with Crippen LogP contribution in [0.15, 0.2) is 54.7 Å². The van der Waals surface area contributed by atoms with E-state index in [2.05, 4.69) is 17.0 Å². The molecule has 0 saturated carbocycles. The molecule has 5 nitrogen and oxygen atoms in total. The number of terminal acetylenes is 1. The van der Waals surface area contributed by atoms with E-state index in [1.54, 1.807) is 37.4 Å². The molecule has 2 N–H and O–H groups in total. The van der Waals surface area contributed by atoms with Crippen LogP contribution >= 0.6 is 0 Å². The average molecular weight is 345 g/mol. The molecule has 0 aromatic heterocycles. The van der Waals surface area contributed by atoms with Gasteiger partial charge in [-0.1, -0.05) is 24.1 Å². The molecule has 0 saturated heterocycles. The van der Waals surface area contributed by atoms with Crippen molar-refractivity contribution in [3.05, 3.63) is 65.9 Å². The summed E-state index contributed by atoms with van der Waals surface area (Å²) in [5, 5.41) is 19.2. The van der Waals surface area contributed by atoms with Gasteiger partial charge in [0.2, 0.25) is 0 Å². The molecule has 1 aliphatic carbocycles. The van der Waals surface area contributed by atoms with Crippen molar-refractivity contribution in [2.75, 3.05) is 7.11 Å². The number of aromatic carboxylic acids is 1. The summed E-state index contributed by atoms with van der Waals surface area (Å²) in [6, 6.07) is 14.0. The number of hydrogen-bond acceptors (Lipinski definition) is 4. The van der Waals surface area contributed by atoms with E-state index in [4.69, 9.17) is 11.2 Å². The molecule has 2 aromatic rings. The van der Waals surface area contributed by atoms with Crippen LogP contribution in [0.1, 0.15) is 15.9 Å². The van der Waals surface area contributed by atoms with Gasteiger partial charge in [0.05, 0.1) is 18.4 Å². The number of benzene rings is 2. The minimum atomic E-state index is -1.23. The lowest BCUT2D eigenvalue weighted by Gasteiger charge is -2.10. The summed E-state index contributed by atoms with van der Waals surface area (Å²) in [4.78, 5) is 15.3. The molecule has 26 heavy (non-hydrogen) atoms. The van der Waals surface area contributed by atoms with Gasteiger partial charge in [0.1, 0.15) is 17.1 Å². The number of hydrogen-bond donors (Lipinski definition) is 2. The fourth-order valence-corrected chi connectivity index (χ4v) is 2.49. The molecule has 0 amide bonds. The van der Waals surface area contributed by atoms with Crippen LogP contribution in [0, 0.1) is 12.3 Å². The highest BCUT2D eigenvalue weighted by Gasteiger charge is 2.19.